The number of ether oxygens (including phenoxy) is 5. The van der Waals surface area contributed by atoms with Gasteiger partial charge in [0.2, 0.25) is 0 Å². The molecule has 10 heteroatoms. The topological polar surface area (TPSA) is 131 Å². The molecule has 1 aromatic heterocycles. The molecule has 45 heavy (non-hydrogen) atoms. The number of rotatable bonds is 6. The summed E-state index contributed by atoms with van der Waals surface area (Å²) in [5.41, 5.74) is -2.89. The Bertz CT molecular complexity index is 1440. The van der Waals surface area contributed by atoms with Gasteiger partial charge in [-0.15, -0.1) is 0 Å². The fourth-order valence-electron chi connectivity index (χ4n) is 11.7. The molecule has 6 fully saturated rings. The second-order valence-electron chi connectivity index (χ2n) is 15.6. The molecule has 0 amide bonds. The summed E-state index contributed by atoms with van der Waals surface area (Å²) in [5, 5.41) is 0. The van der Waals surface area contributed by atoms with Crippen LogP contribution in [0.1, 0.15) is 92.6 Å². The second kappa shape index (κ2) is 9.66. The van der Waals surface area contributed by atoms with E-state index in [-0.39, 0.29) is 36.1 Å². The molecule has 4 saturated carbocycles. The summed E-state index contributed by atoms with van der Waals surface area (Å²) in [6.07, 6.45) is 2.38. The zero-order chi connectivity index (χ0) is 32.5. The maximum atomic E-state index is 14.2. The summed E-state index contributed by atoms with van der Waals surface area (Å²) < 4.78 is 37.7. The van der Waals surface area contributed by atoms with E-state index in [2.05, 4.69) is 27.7 Å². The molecule has 4 aliphatic carbocycles. The van der Waals surface area contributed by atoms with E-state index in [1.165, 1.54) is 13.8 Å². The van der Waals surface area contributed by atoms with E-state index in [0.717, 1.165) is 5.56 Å². The molecule has 6 aliphatic rings. The van der Waals surface area contributed by atoms with Crippen LogP contribution in [0, 0.1) is 39.4 Å². The number of carbonyl (C=O) groups is 4. The second-order valence-corrected chi connectivity index (χ2v) is 15.6. The monoisotopic (exact) mass is 626 g/mol. The van der Waals surface area contributed by atoms with E-state index in [1.54, 1.807) is 12.5 Å². The third-order valence-electron chi connectivity index (χ3n) is 13.7. The van der Waals surface area contributed by atoms with Gasteiger partial charge in [-0.05, 0) is 31.2 Å². The Morgan fingerprint density at radius 3 is 2.36 bits per heavy atom. The molecule has 2 saturated heterocycles. The number of hydrogen-bond donors (Lipinski definition) is 0. The predicted octanol–water partition coefficient (Wildman–Crippen LogP) is 4.77. The lowest BCUT2D eigenvalue weighted by Gasteiger charge is -2.70. The summed E-state index contributed by atoms with van der Waals surface area (Å²) in [4.78, 5) is 53.0. The highest BCUT2D eigenvalue weighted by molar-refractivity contribution is 5.98. The average molecular weight is 627 g/mol. The minimum atomic E-state index is -0.938. The van der Waals surface area contributed by atoms with E-state index in [0.29, 0.717) is 25.7 Å². The average Bonchev–Trinajstić information content (AvgIpc) is 3.22. The minimum Gasteiger partial charge on any atom is -0.472 e. The SMILES string of the molecule is CC[C@@H](C)C(=O)O[C@@H]1[C@@H]2OC[C@]3(C)[C@H](OC(C)=O)C[C@H](OC(C)=O)[C@@](C)([C@@H]23)[C@@H]2CC[C@@]3(C)[C@H](c4ccoc4)C(=O)[C@@H]4O[C@@]43[C@]12C. The Kier molecular flexibility index (Phi) is 6.63. The maximum absolute atomic E-state index is 14.2. The van der Waals surface area contributed by atoms with E-state index < -0.39 is 75.6 Å². The van der Waals surface area contributed by atoms with Crippen LogP contribution >= 0.6 is 0 Å². The number of esters is 3. The molecule has 246 valence electrons. The van der Waals surface area contributed by atoms with Crippen LogP contribution in [0.4, 0.5) is 0 Å². The van der Waals surface area contributed by atoms with Crippen molar-refractivity contribution in [2.45, 2.75) is 123 Å². The number of ketones is 1. The summed E-state index contributed by atoms with van der Waals surface area (Å²) in [6, 6.07) is 1.86. The van der Waals surface area contributed by atoms with Gasteiger partial charge in [-0.2, -0.15) is 0 Å². The standard InChI is InChI=1S/C35H46O10/c1-9-17(2)30(39)44-29-26-27-31(5,16-41-26)22(42-18(3)36)14-23(43-19(4)37)33(27,7)21-10-12-32(6)24(20-11-13-40-15-20)25(38)28-35(32,45-28)34(21,29)8/h11,13,15,17,21-24,26-29H,9-10,12,14,16H2,1-8H3/t17-,21+,22-,23+,24-,26-,27+,28+,29-,31-,32+,33+,34+,35+/m1/s1. The van der Waals surface area contributed by atoms with Crippen molar-refractivity contribution in [1.29, 1.82) is 0 Å². The van der Waals surface area contributed by atoms with E-state index in [9.17, 15) is 19.2 Å². The van der Waals surface area contributed by atoms with Crippen LogP contribution in [0.25, 0.3) is 0 Å². The smallest absolute Gasteiger partial charge is 0.309 e. The number of Topliss-reactive ketones (excluding diaryl/α,β-unsaturated/α-hetero) is 1. The Balaban J connectivity index is 1.43. The van der Waals surface area contributed by atoms with Gasteiger partial charge < -0.3 is 28.1 Å². The molecule has 2 aliphatic heterocycles. The highest BCUT2D eigenvalue weighted by Gasteiger charge is 2.92. The van der Waals surface area contributed by atoms with Crippen molar-refractivity contribution in [3.8, 4) is 0 Å². The van der Waals surface area contributed by atoms with E-state index in [1.807, 2.05) is 19.9 Å². The first-order valence-corrected chi connectivity index (χ1v) is 16.5. The third-order valence-corrected chi connectivity index (χ3v) is 13.7. The first kappa shape index (κ1) is 30.9. The fraction of sp³-hybridized carbons (Fsp3) is 0.771. The van der Waals surface area contributed by atoms with Crippen molar-refractivity contribution in [1.82, 2.24) is 0 Å². The lowest BCUT2D eigenvalue weighted by molar-refractivity contribution is -0.297. The van der Waals surface area contributed by atoms with Crippen LogP contribution in [0.3, 0.4) is 0 Å². The molecule has 0 N–H and O–H groups in total. The van der Waals surface area contributed by atoms with Gasteiger partial charge >= 0.3 is 17.9 Å². The Labute approximate surface area is 264 Å². The quantitative estimate of drug-likeness (QED) is 0.247. The Morgan fingerprint density at radius 2 is 1.73 bits per heavy atom. The van der Waals surface area contributed by atoms with Crippen molar-refractivity contribution in [2.75, 3.05) is 6.61 Å². The highest BCUT2D eigenvalue weighted by atomic mass is 16.6. The minimum absolute atomic E-state index is 0.0207. The zero-order valence-corrected chi connectivity index (χ0v) is 27.5. The molecule has 0 unspecified atom stereocenters. The fourth-order valence-corrected chi connectivity index (χ4v) is 11.7. The Hall–Kier alpha value is -2.72. The normalized spacial score (nSPS) is 49.6. The first-order chi connectivity index (χ1) is 21.1. The molecule has 1 spiro atoms. The molecule has 0 radical (unpaired) electrons. The van der Waals surface area contributed by atoms with Gasteiger partial charge in [-0.1, -0.05) is 41.5 Å². The molecule has 14 atom stereocenters. The van der Waals surface area contributed by atoms with Crippen molar-refractivity contribution in [2.24, 2.45) is 39.4 Å². The van der Waals surface area contributed by atoms with Gasteiger partial charge in [-0.25, -0.2) is 0 Å². The van der Waals surface area contributed by atoms with Crippen LogP contribution < -0.4 is 0 Å². The number of fused-ring (bicyclic) bond motifs is 2. The van der Waals surface area contributed by atoms with Gasteiger partial charge in [0.15, 0.2) is 5.78 Å². The van der Waals surface area contributed by atoms with Gasteiger partial charge in [0.05, 0.1) is 37.1 Å². The highest BCUT2D eigenvalue weighted by Crippen LogP contribution is 2.83. The van der Waals surface area contributed by atoms with Gasteiger partial charge in [0.25, 0.3) is 0 Å². The van der Waals surface area contributed by atoms with Crippen LogP contribution in [-0.4, -0.2) is 66.4 Å². The van der Waals surface area contributed by atoms with Gasteiger partial charge in [0, 0.05) is 53.4 Å². The molecule has 1 aromatic rings. The van der Waals surface area contributed by atoms with Crippen LogP contribution in [0.5, 0.6) is 0 Å². The molecular weight excluding hydrogens is 580 g/mol. The zero-order valence-electron chi connectivity index (χ0n) is 27.5. The van der Waals surface area contributed by atoms with Crippen LogP contribution in [-0.2, 0) is 42.9 Å². The largest absolute Gasteiger partial charge is 0.472 e. The summed E-state index contributed by atoms with van der Waals surface area (Å²) >= 11 is 0. The third kappa shape index (κ3) is 3.59. The predicted molar refractivity (Wildman–Crippen MR) is 158 cm³/mol. The summed E-state index contributed by atoms with van der Waals surface area (Å²) in [5.74, 6) is -2.34. The van der Waals surface area contributed by atoms with Gasteiger partial charge in [0.1, 0.15) is 30.0 Å². The molecule has 3 heterocycles. The number of carbonyl (C=O) groups excluding carboxylic acids is 4. The van der Waals surface area contributed by atoms with E-state index in [4.69, 9.17) is 28.1 Å². The molecular formula is C35H46O10. The molecule has 10 nitrogen and oxygen atoms in total. The lowest BCUT2D eigenvalue weighted by atomic mass is 9.34. The van der Waals surface area contributed by atoms with Crippen molar-refractivity contribution in [3.05, 3.63) is 24.2 Å². The van der Waals surface area contributed by atoms with Gasteiger partial charge in [-0.3, -0.25) is 19.2 Å². The lowest BCUT2D eigenvalue weighted by Crippen LogP contribution is -2.77. The maximum Gasteiger partial charge on any atom is 0.309 e. The molecule has 7 rings (SSSR count). The number of epoxide rings is 1. The van der Waals surface area contributed by atoms with Crippen LogP contribution in [0.2, 0.25) is 0 Å². The first-order valence-electron chi connectivity index (χ1n) is 16.5. The number of furan rings is 1. The molecule has 0 aromatic carbocycles. The van der Waals surface area contributed by atoms with Crippen molar-refractivity contribution < 1.29 is 47.3 Å². The van der Waals surface area contributed by atoms with E-state index >= 15 is 0 Å². The van der Waals surface area contributed by atoms with Crippen molar-refractivity contribution >= 4 is 23.7 Å². The molecule has 0 bridgehead atoms. The Morgan fingerprint density at radius 1 is 1.04 bits per heavy atom. The van der Waals surface area contributed by atoms with Crippen molar-refractivity contribution in [3.63, 3.8) is 0 Å². The number of hydrogen-bond acceptors (Lipinski definition) is 10. The summed E-state index contributed by atoms with van der Waals surface area (Å²) in [6.45, 7) is 15.4. The van der Waals surface area contributed by atoms with Crippen LogP contribution in [0.15, 0.2) is 23.0 Å². The summed E-state index contributed by atoms with van der Waals surface area (Å²) in [7, 11) is 0.